The summed E-state index contributed by atoms with van der Waals surface area (Å²) in [5, 5.41) is 3.29. The summed E-state index contributed by atoms with van der Waals surface area (Å²) < 4.78 is 24.4. The lowest BCUT2D eigenvalue weighted by Gasteiger charge is -2.14. The summed E-state index contributed by atoms with van der Waals surface area (Å²) in [4.78, 5) is 6.46. The van der Waals surface area contributed by atoms with E-state index in [1.54, 1.807) is 18.5 Å². The third-order valence-corrected chi connectivity index (χ3v) is 5.05. The van der Waals surface area contributed by atoms with E-state index in [4.69, 9.17) is 0 Å². The number of rotatable bonds is 6. The monoisotopic (exact) mass is 359 g/mol. The van der Waals surface area contributed by atoms with Gasteiger partial charge in [-0.25, -0.2) is 13.4 Å². The van der Waals surface area contributed by atoms with Crippen LogP contribution in [-0.4, -0.2) is 39.5 Å². The van der Waals surface area contributed by atoms with Gasteiger partial charge in [0.15, 0.2) is 9.84 Å². The van der Waals surface area contributed by atoms with E-state index in [0.29, 0.717) is 5.69 Å². The van der Waals surface area contributed by atoms with Gasteiger partial charge < -0.3 is 10.2 Å². The molecule has 0 spiro atoms. The molecule has 0 bridgehead atoms. The zero-order valence-corrected chi connectivity index (χ0v) is 16.2. The third-order valence-electron chi connectivity index (χ3n) is 3.93. The fraction of sp³-hybridized carbons (Fsp3) is 0.316. The van der Waals surface area contributed by atoms with E-state index < -0.39 is 9.84 Å². The second kappa shape index (κ2) is 7.70. The zero-order chi connectivity index (χ0) is 18.6. The summed E-state index contributed by atoms with van der Waals surface area (Å²) in [7, 11) is -1.51. The number of aliphatic imine (C=N–C) groups is 1. The van der Waals surface area contributed by atoms with Crippen LogP contribution >= 0.6 is 0 Å². The highest BCUT2D eigenvalue weighted by Crippen LogP contribution is 2.32. The maximum absolute atomic E-state index is 12.2. The Morgan fingerprint density at radius 1 is 1.16 bits per heavy atom. The molecule has 0 saturated heterocycles. The van der Waals surface area contributed by atoms with Gasteiger partial charge in [-0.15, -0.1) is 0 Å². The molecule has 2 aromatic carbocycles. The van der Waals surface area contributed by atoms with Gasteiger partial charge >= 0.3 is 0 Å². The van der Waals surface area contributed by atoms with Crippen LogP contribution in [-0.2, 0) is 9.84 Å². The number of anilines is 2. The Bertz CT molecular complexity index is 872. The van der Waals surface area contributed by atoms with Gasteiger partial charge in [-0.1, -0.05) is 17.7 Å². The summed E-state index contributed by atoms with van der Waals surface area (Å²) in [6, 6.07) is 11.4. The first kappa shape index (κ1) is 19.0. The Hall–Kier alpha value is -2.34. The van der Waals surface area contributed by atoms with Crippen LogP contribution in [0.15, 0.2) is 46.3 Å². The lowest BCUT2D eigenvalue weighted by molar-refractivity contribution is 0.552. The predicted octanol–water partition coefficient (Wildman–Crippen LogP) is 4.06. The summed E-state index contributed by atoms with van der Waals surface area (Å²) in [5.41, 5.74) is 4.22. The summed E-state index contributed by atoms with van der Waals surface area (Å²) in [5.74, 6) is 0. The zero-order valence-electron chi connectivity index (χ0n) is 15.4. The Labute approximate surface area is 150 Å². The van der Waals surface area contributed by atoms with Crippen molar-refractivity contribution in [2.45, 2.75) is 25.7 Å². The van der Waals surface area contributed by atoms with Gasteiger partial charge in [-0.05, 0) is 50.6 Å². The van der Waals surface area contributed by atoms with E-state index in [2.05, 4.69) is 10.3 Å². The highest BCUT2D eigenvalue weighted by Gasteiger charge is 2.16. The molecule has 0 saturated carbocycles. The van der Waals surface area contributed by atoms with E-state index in [9.17, 15) is 8.42 Å². The second-order valence-corrected chi connectivity index (χ2v) is 8.20. The summed E-state index contributed by atoms with van der Waals surface area (Å²) in [6.45, 7) is 6.76. The highest BCUT2D eigenvalue weighted by molar-refractivity contribution is 7.90. The minimum Gasteiger partial charge on any atom is -0.366 e. The molecule has 0 atom stereocenters. The first-order valence-corrected chi connectivity index (χ1v) is 10.0. The van der Waals surface area contributed by atoms with E-state index in [0.717, 1.165) is 23.5 Å². The van der Waals surface area contributed by atoms with Crippen LogP contribution in [0.3, 0.4) is 0 Å². The molecule has 0 heterocycles. The molecule has 5 nitrogen and oxygen atoms in total. The molecule has 25 heavy (non-hydrogen) atoms. The Morgan fingerprint density at radius 3 is 2.36 bits per heavy atom. The molecule has 6 heteroatoms. The van der Waals surface area contributed by atoms with Crippen molar-refractivity contribution >= 4 is 33.2 Å². The summed E-state index contributed by atoms with van der Waals surface area (Å²) >= 11 is 0. The number of nitrogens with one attached hydrogen (secondary N) is 1. The Kier molecular flexibility index (Phi) is 5.85. The number of sulfone groups is 1. The second-order valence-electron chi connectivity index (χ2n) is 6.22. The largest absolute Gasteiger partial charge is 0.366 e. The summed E-state index contributed by atoms with van der Waals surface area (Å²) in [6.07, 6.45) is 2.85. The minimum atomic E-state index is -3.40. The molecule has 2 rings (SSSR count). The van der Waals surface area contributed by atoms with Crippen molar-refractivity contribution in [1.29, 1.82) is 0 Å². The molecule has 0 aromatic heterocycles. The van der Waals surface area contributed by atoms with Gasteiger partial charge in [-0.2, -0.15) is 0 Å². The van der Waals surface area contributed by atoms with Crippen LogP contribution < -0.4 is 5.32 Å². The minimum absolute atomic E-state index is 0.216. The standard InChI is InChI=1S/C19H25N3O2S/c1-6-22(4)13-20-18-11-15(3)17(12-19(18)25(5,23)24)21-16-9-7-14(2)8-10-16/h7-13,21H,6H2,1-5H3. The van der Waals surface area contributed by atoms with Crippen LogP contribution in [0.1, 0.15) is 18.1 Å². The number of aryl methyl sites for hydroxylation is 2. The molecule has 1 N–H and O–H groups in total. The molecule has 0 aliphatic carbocycles. The fourth-order valence-corrected chi connectivity index (χ4v) is 3.06. The van der Waals surface area contributed by atoms with E-state index in [1.807, 2.05) is 57.0 Å². The molecular formula is C19H25N3O2S. The van der Waals surface area contributed by atoms with Crippen molar-refractivity contribution in [1.82, 2.24) is 4.90 Å². The average Bonchev–Trinajstić information content (AvgIpc) is 2.55. The van der Waals surface area contributed by atoms with Crippen molar-refractivity contribution in [3.63, 3.8) is 0 Å². The van der Waals surface area contributed by atoms with Crippen LogP contribution in [0.4, 0.5) is 17.1 Å². The average molecular weight is 359 g/mol. The maximum atomic E-state index is 12.2. The van der Waals surface area contributed by atoms with Crippen LogP contribution in [0.25, 0.3) is 0 Å². The van der Waals surface area contributed by atoms with Gasteiger partial charge in [0.25, 0.3) is 0 Å². The molecule has 0 aliphatic heterocycles. The number of benzene rings is 2. The van der Waals surface area contributed by atoms with E-state index in [-0.39, 0.29) is 4.90 Å². The molecule has 0 aliphatic rings. The predicted molar refractivity (Wildman–Crippen MR) is 105 cm³/mol. The number of hydrogen-bond acceptors (Lipinski definition) is 4. The molecule has 134 valence electrons. The highest BCUT2D eigenvalue weighted by atomic mass is 32.2. The van der Waals surface area contributed by atoms with E-state index in [1.165, 1.54) is 11.8 Å². The Morgan fingerprint density at radius 2 is 1.80 bits per heavy atom. The fourth-order valence-electron chi connectivity index (χ4n) is 2.24. The SMILES string of the molecule is CCN(C)C=Nc1cc(C)c(Nc2ccc(C)cc2)cc1S(C)(=O)=O. The molecule has 0 amide bonds. The lowest BCUT2D eigenvalue weighted by atomic mass is 10.1. The third kappa shape index (κ3) is 5.06. The molecule has 0 radical (unpaired) electrons. The van der Waals surface area contributed by atoms with E-state index >= 15 is 0 Å². The number of hydrogen-bond donors (Lipinski definition) is 1. The first-order chi connectivity index (χ1) is 11.7. The molecular weight excluding hydrogens is 334 g/mol. The van der Waals surface area contributed by atoms with Gasteiger partial charge in [-0.3, -0.25) is 0 Å². The van der Waals surface area contributed by atoms with Gasteiger partial charge in [0.2, 0.25) is 0 Å². The van der Waals surface area contributed by atoms with Crippen LogP contribution in [0.2, 0.25) is 0 Å². The van der Waals surface area contributed by atoms with Crippen molar-refractivity contribution in [2.24, 2.45) is 4.99 Å². The maximum Gasteiger partial charge on any atom is 0.177 e. The van der Waals surface area contributed by atoms with Crippen molar-refractivity contribution in [3.05, 3.63) is 47.5 Å². The smallest absolute Gasteiger partial charge is 0.177 e. The first-order valence-electron chi connectivity index (χ1n) is 8.13. The molecule has 0 fully saturated rings. The topological polar surface area (TPSA) is 61.8 Å². The van der Waals surface area contributed by atoms with Crippen molar-refractivity contribution in [3.8, 4) is 0 Å². The normalized spacial score (nSPS) is 11.7. The molecule has 2 aromatic rings. The van der Waals surface area contributed by atoms with Crippen LogP contribution in [0.5, 0.6) is 0 Å². The lowest BCUT2D eigenvalue weighted by Crippen LogP contribution is -2.14. The number of nitrogens with zero attached hydrogens (tertiary/aromatic N) is 2. The van der Waals surface area contributed by atoms with Crippen LogP contribution in [0, 0.1) is 13.8 Å². The van der Waals surface area contributed by atoms with Gasteiger partial charge in [0, 0.05) is 31.2 Å². The quantitative estimate of drug-likeness (QED) is 0.624. The van der Waals surface area contributed by atoms with Crippen molar-refractivity contribution in [2.75, 3.05) is 25.2 Å². The Balaban J connectivity index is 2.46. The van der Waals surface area contributed by atoms with Gasteiger partial charge in [0.05, 0.1) is 16.9 Å². The van der Waals surface area contributed by atoms with Gasteiger partial charge in [0.1, 0.15) is 0 Å². The van der Waals surface area contributed by atoms with Crippen molar-refractivity contribution < 1.29 is 8.42 Å². The molecule has 0 unspecified atom stereocenters.